The van der Waals surface area contributed by atoms with Crippen LogP contribution in [0.3, 0.4) is 0 Å². The van der Waals surface area contributed by atoms with Crippen LogP contribution in [0.5, 0.6) is 0 Å². The monoisotopic (exact) mass is 281 g/mol. The minimum absolute atomic E-state index is 0.207. The summed E-state index contributed by atoms with van der Waals surface area (Å²) in [5.41, 5.74) is 2.31. The summed E-state index contributed by atoms with van der Waals surface area (Å²) >= 11 is 0. The summed E-state index contributed by atoms with van der Waals surface area (Å²) in [5.74, 6) is -0.282. The molecular weight excluding hydrogens is 266 g/mol. The van der Waals surface area contributed by atoms with E-state index in [2.05, 4.69) is 11.1 Å². The molecule has 0 bridgehead atoms. The van der Waals surface area contributed by atoms with Crippen molar-refractivity contribution in [2.24, 2.45) is 0 Å². The molecule has 0 atom stereocenters. The third-order valence-corrected chi connectivity index (χ3v) is 3.17. The molecular formula is C16H15N3O2. The van der Waals surface area contributed by atoms with Crippen LogP contribution in [0.1, 0.15) is 27.2 Å². The Balaban J connectivity index is 2.20. The fourth-order valence-electron chi connectivity index (χ4n) is 2.08. The second kappa shape index (κ2) is 6.06. The van der Waals surface area contributed by atoms with Gasteiger partial charge >= 0.3 is 5.97 Å². The molecule has 0 amide bonds. The molecule has 0 aliphatic heterocycles. The minimum Gasteiger partial charge on any atom is -0.478 e. The molecule has 0 radical (unpaired) electrons. The number of pyridine rings is 1. The molecule has 5 nitrogen and oxygen atoms in total. The molecule has 5 heteroatoms. The van der Waals surface area contributed by atoms with Crippen LogP contribution in [-0.2, 0) is 6.54 Å². The van der Waals surface area contributed by atoms with Crippen molar-refractivity contribution in [2.45, 2.75) is 13.5 Å². The van der Waals surface area contributed by atoms with Gasteiger partial charge in [0.15, 0.2) is 0 Å². The van der Waals surface area contributed by atoms with Crippen LogP contribution >= 0.6 is 0 Å². The van der Waals surface area contributed by atoms with Gasteiger partial charge in [0.1, 0.15) is 5.82 Å². The van der Waals surface area contributed by atoms with E-state index in [9.17, 15) is 4.79 Å². The first-order valence-corrected chi connectivity index (χ1v) is 6.42. The first-order valence-electron chi connectivity index (χ1n) is 6.42. The van der Waals surface area contributed by atoms with E-state index in [1.54, 1.807) is 25.1 Å². The highest BCUT2D eigenvalue weighted by molar-refractivity contribution is 5.89. The number of hydrogen-bond acceptors (Lipinski definition) is 4. The minimum atomic E-state index is -0.976. The Labute approximate surface area is 123 Å². The van der Waals surface area contributed by atoms with Crippen LogP contribution in [0.15, 0.2) is 36.4 Å². The summed E-state index contributed by atoms with van der Waals surface area (Å²) in [4.78, 5) is 17.2. The predicted octanol–water partition coefficient (Wildman–Crippen LogP) is 2.60. The fraction of sp³-hybridized carbons (Fsp3) is 0.188. The summed E-state index contributed by atoms with van der Waals surface area (Å²) in [6.07, 6.45) is 0. The third kappa shape index (κ3) is 3.37. The number of aryl methyl sites for hydroxylation is 1. The lowest BCUT2D eigenvalue weighted by Gasteiger charge is -2.19. The van der Waals surface area contributed by atoms with Gasteiger partial charge in [-0.3, -0.25) is 0 Å². The number of hydrogen-bond donors (Lipinski definition) is 1. The van der Waals surface area contributed by atoms with Crippen LogP contribution < -0.4 is 4.90 Å². The number of aromatic carboxylic acids is 1. The van der Waals surface area contributed by atoms with Gasteiger partial charge < -0.3 is 10.0 Å². The summed E-state index contributed by atoms with van der Waals surface area (Å²) < 4.78 is 0. The number of carbonyl (C=O) groups is 1. The highest BCUT2D eigenvalue weighted by Gasteiger charge is 2.11. The summed E-state index contributed by atoms with van der Waals surface area (Å²) in [7, 11) is 1.88. The molecule has 1 heterocycles. The van der Waals surface area contributed by atoms with E-state index in [-0.39, 0.29) is 5.56 Å². The number of benzene rings is 1. The van der Waals surface area contributed by atoms with Gasteiger partial charge in [-0.25, -0.2) is 9.78 Å². The molecule has 0 aliphatic rings. The SMILES string of the molecule is Cc1nc(N(C)Cc2cccc(C#N)c2)ccc1C(=O)O. The van der Waals surface area contributed by atoms with Gasteiger partial charge in [0.2, 0.25) is 0 Å². The predicted molar refractivity (Wildman–Crippen MR) is 79.2 cm³/mol. The van der Waals surface area contributed by atoms with Crippen molar-refractivity contribution in [3.05, 3.63) is 58.8 Å². The molecule has 2 aromatic rings. The quantitative estimate of drug-likeness (QED) is 0.932. The van der Waals surface area contributed by atoms with E-state index >= 15 is 0 Å². The van der Waals surface area contributed by atoms with Gasteiger partial charge in [-0.05, 0) is 36.8 Å². The molecule has 0 aliphatic carbocycles. The fourth-order valence-corrected chi connectivity index (χ4v) is 2.08. The van der Waals surface area contributed by atoms with Crippen LogP contribution in [0.25, 0.3) is 0 Å². The van der Waals surface area contributed by atoms with E-state index in [1.807, 2.05) is 30.1 Å². The van der Waals surface area contributed by atoms with Crippen LogP contribution in [0, 0.1) is 18.3 Å². The molecule has 21 heavy (non-hydrogen) atoms. The van der Waals surface area contributed by atoms with Crippen molar-refractivity contribution >= 4 is 11.8 Å². The van der Waals surface area contributed by atoms with Crippen molar-refractivity contribution in [3.63, 3.8) is 0 Å². The van der Waals surface area contributed by atoms with Crippen LogP contribution in [0.4, 0.5) is 5.82 Å². The smallest absolute Gasteiger partial charge is 0.337 e. The zero-order valence-corrected chi connectivity index (χ0v) is 11.9. The van der Waals surface area contributed by atoms with Gasteiger partial charge in [-0.15, -0.1) is 0 Å². The molecule has 106 valence electrons. The van der Waals surface area contributed by atoms with Gasteiger partial charge in [0.25, 0.3) is 0 Å². The Morgan fingerprint density at radius 3 is 2.76 bits per heavy atom. The van der Waals surface area contributed by atoms with Crippen molar-refractivity contribution in [3.8, 4) is 6.07 Å². The molecule has 0 saturated carbocycles. The zero-order valence-electron chi connectivity index (χ0n) is 11.9. The Bertz CT molecular complexity index is 720. The molecule has 1 aromatic carbocycles. The highest BCUT2D eigenvalue weighted by Crippen LogP contribution is 2.16. The Morgan fingerprint density at radius 1 is 1.38 bits per heavy atom. The number of nitrogens with zero attached hydrogens (tertiary/aromatic N) is 3. The average Bonchev–Trinajstić information content (AvgIpc) is 2.46. The second-order valence-electron chi connectivity index (χ2n) is 4.78. The largest absolute Gasteiger partial charge is 0.478 e. The van der Waals surface area contributed by atoms with Crippen molar-refractivity contribution in [1.82, 2.24) is 4.98 Å². The molecule has 1 N–H and O–H groups in total. The Morgan fingerprint density at radius 2 is 2.14 bits per heavy atom. The zero-order chi connectivity index (χ0) is 15.4. The van der Waals surface area contributed by atoms with Crippen molar-refractivity contribution in [1.29, 1.82) is 5.26 Å². The van der Waals surface area contributed by atoms with Crippen molar-refractivity contribution < 1.29 is 9.90 Å². The standard InChI is InChI=1S/C16H15N3O2/c1-11-14(16(20)21)6-7-15(18-11)19(2)10-13-5-3-4-12(8-13)9-17/h3-8H,10H2,1-2H3,(H,20,21). The number of nitriles is 1. The normalized spacial score (nSPS) is 9.95. The molecule has 1 aromatic heterocycles. The number of aromatic nitrogens is 1. The van der Waals surface area contributed by atoms with E-state index in [0.29, 0.717) is 23.6 Å². The van der Waals surface area contributed by atoms with Crippen LogP contribution in [0.2, 0.25) is 0 Å². The molecule has 0 fully saturated rings. The maximum absolute atomic E-state index is 11.0. The lowest BCUT2D eigenvalue weighted by molar-refractivity contribution is 0.0695. The first kappa shape index (κ1) is 14.5. The van der Waals surface area contributed by atoms with Crippen molar-refractivity contribution in [2.75, 3.05) is 11.9 Å². The van der Waals surface area contributed by atoms with Gasteiger partial charge in [-0.2, -0.15) is 5.26 Å². The highest BCUT2D eigenvalue weighted by atomic mass is 16.4. The summed E-state index contributed by atoms with van der Waals surface area (Å²) in [6.45, 7) is 2.27. The molecule has 0 unspecified atom stereocenters. The molecule has 2 rings (SSSR count). The van der Waals surface area contributed by atoms with Gasteiger partial charge in [0, 0.05) is 13.6 Å². The number of rotatable bonds is 4. The molecule has 0 spiro atoms. The number of carboxylic acids is 1. The average molecular weight is 281 g/mol. The second-order valence-corrected chi connectivity index (χ2v) is 4.78. The Hall–Kier alpha value is -2.87. The van der Waals surface area contributed by atoms with E-state index in [1.165, 1.54) is 0 Å². The Kier molecular flexibility index (Phi) is 4.19. The lowest BCUT2D eigenvalue weighted by atomic mass is 10.1. The van der Waals surface area contributed by atoms with Gasteiger partial charge in [0.05, 0.1) is 22.9 Å². The topological polar surface area (TPSA) is 77.2 Å². The summed E-state index contributed by atoms with van der Waals surface area (Å²) in [5, 5.41) is 17.9. The number of anilines is 1. The third-order valence-electron chi connectivity index (χ3n) is 3.17. The maximum Gasteiger partial charge on any atom is 0.337 e. The van der Waals surface area contributed by atoms with Crippen LogP contribution in [-0.4, -0.2) is 23.1 Å². The van der Waals surface area contributed by atoms with Gasteiger partial charge in [-0.1, -0.05) is 12.1 Å². The summed E-state index contributed by atoms with van der Waals surface area (Å²) in [6, 6.07) is 12.7. The maximum atomic E-state index is 11.0. The first-order chi connectivity index (χ1) is 10.0. The molecule has 0 saturated heterocycles. The van der Waals surface area contributed by atoms with E-state index in [0.717, 1.165) is 5.56 Å². The van der Waals surface area contributed by atoms with E-state index in [4.69, 9.17) is 10.4 Å². The van der Waals surface area contributed by atoms with E-state index < -0.39 is 5.97 Å². The number of carboxylic acid groups (broad SMARTS) is 1. The lowest BCUT2D eigenvalue weighted by Crippen LogP contribution is -2.18.